The summed E-state index contributed by atoms with van der Waals surface area (Å²) in [5.41, 5.74) is 5.48. The summed E-state index contributed by atoms with van der Waals surface area (Å²) in [5, 5.41) is 0. The average Bonchev–Trinajstić information content (AvgIpc) is 3.59. The van der Waals surface area contributed by atoms with Crippen LogP contribution in [0, 0.1) is 0 Å². The van der Waals surface area contributed by atoms with E-state index >= 15 is 0 Å². The molecule has 2 heterocycles. The maximum absolute atomic E-state index is 7.04. The minimum atomic E-state index is -0.487. The van der Waals surface area contributed by atoms with Crippen molar-refractivity contribution in [2.24, 2.45) is 0 Å². The maximum Gasteiger partial charge on any atom is 0.132 e. The highest BCUT2D eigenvalue weighted by atomic mass is 16.6. The molecule has 0 amide bonds. The van der Waals surface area contributed by atoms with E-state index in [1.54, 1.807) is 0 Å². The average molecular weight is 643 g/mol. The van der Waals surface area contributed by atoms with E-state index in [1.165, 1.54) is 0 Å². The zero-order valence-corrected chi connectivity index (χ0v) is 27.0. The van der Waals surface area contributed by atoms with Crippen LogP contribution in [0.25, 0.3) is 0 Å². The summed E-state index contributed by atoms with van der Waals surface area (Å²) in [6.07, 6.45) is -1.88. The SMILES string of the molecule is c1ccc(COC[C@H]2OC([C@@H]3Cc4ccccc4O3)[C@@H](OCc3ccccc3)[C@H](OCc3ccccc3)[C@@H]2OCc2ccccc2)cc1. The predicted molar refractivity (Wildman–Crippen MR) is 184 cm³/mol. The first-order valence-electron chi connectivity index (χ1n) is 16.8. The molecule has 6 heteroatoms. The summed E-state index contributed by atoms with van der Waals surface area (Å²) in [5.74, 6) is 0.883. The van der Waals surface area contributed by atoms with Gasteiger partial charge in [-0.1, -0.05) is 140 Å². The Hall–Kier alpha value is -4.30. The fraction of sp³-hybridized carbons (Fsp3) is 0.286. The zero-order chi connectivity index (χ0) is 32.4. The van der Waals surface area contributed by atoms with Crippen molar-refractivity contribution in [3.8, 4) is 5.75 Å². The third-order valence-electron chi connectivity index (χ3n) is 8.96. The van der Waals surface area contributed by atoms with Crippen molar-refractivity contribution < 1.29 is 28.4 Å². The molecule has 1 fully saturated rings. The predicted octanol–water partition coefficient (Wildman–Crippen LogP) is 7.73. The first-order valence-corrected chi connectivity index (χ1v) is 16.8. The van der Waals surface area contributed by atoms with E-state index in [0.29, 0.717) is 39.5 Å². The van der Waals surface area contributed by atoms with Crippen molar-refractivity contribution in [1.82, 2.24) is 0 Å². The molecule has 6 nitrogen and oxygen atoms in total. The third-order valence-corrected chi connectivity index (χ3v) is 8.96. The van der Waals surface area contributed by atoms with Gasteiger partial charge >= 0.3 is 0 Å². The highest BCUT2D eigenvalue weighted by Gasteiger charge is 2.52. The number of benzene rings is 5. The van der Waals surface area contributed by atoms with Crippen LogP contribution >= 0.6 is 0 Å². The van der Waals surface area contributed by atoms with Crippen molar-refractivity contribution in [3.63, 3.8) is 0 Å². The first kappa shape index (κ1) is 32.3. The van der Waals surface area contributed by atoms with Crippen molar-refractivity contribution in [1.29, 1.82) is 0 Å². The Morgan fingerprint density at radius 2 is 0.938 bits per heavy atom. The highest BCUT2D eigenvalue weighted by molar-refractivity contribution is 5.38. The summed E-state index contributed by atoms with van der Waals surface area (Å²) >= 11 is 0. The molecule has 1 unspecified atom stereocenters. The van der Waals surface area contributed by atoms with Gasteiger partial charge in [0.25, 0.3) is 0 Å². The van der Waals surface area contributed by atoms with Crippen molar-refractivity contribution >= 4 is 0 Å². The van der Waals surface area contributed by atoms with Crippen LogP contribution in [-0.4, -0.2) is 43.2 Å². The van der Waals surface area contributed by atoms with Gasteiger partial charge in [-0.05, 0) is 33.9 Å². The lowest BCUT2D eigenvalue weighted by molar-refractivity contribution is -0.283. The molecular formula is C42H42O6. The van der Waals surface area contributed by atoms with E-state index in [9.17, 15) is 0 Å². The molecule has 5 aromatic rings. The Bertz CT molecular complexity index is 1640. The van der Waals surface area contributed by atoms with Crippen LogP contribution in [-0.2, 0) is 56.5 Å². The minimum Gasteiger partial charge on any atom is -0.487 e. The number of hydrogen-bond acceptors (Lipinski definition) is 6. The number of para-hydroxylation sites is 1. The van der Waals surface area contributed by atoms with Crippen molar-refractivity contribution in [2.75, 3.05) is 6.61 Å². The van der Waals surface area contributed by atoms with Crippen LogP contribution in [0.2, 0.25) is 0 Å². The third kappa shape index (κ3) is 8.21. The Balaban J connectivity index is 1.21. The normalized spacial score (nSPS) is 23.3. The summed E-state index contributed by atoms with van der Waals surface area (Å²) in [4.78, 5) is 0. The highest BCUT2D eigenvalue weighted by Crippen LogP contribution is 2.38. The Morgan fingerprint density at radius 1 is 0.479 bits per heavy atom. The van der Waals surface area contributed by atoms with Gasteiger partial charge < -0.3 is 28.4 Å². The van der Waals surface area contributed by atoms with Gasteiger partial charge in [0, 0.05) is 6.42 Å². The molecular weight excluding hydrogens is 600 g/mol. The standard InChI is InChI=1S/C42H42O6/c1-5-15-31(16-6-1)26-43-30-38-39(44-27-32-17-7-2-8-18-32)41(45-28-33-19-9-3-10-20-33)42(46-29-34-21-11-4-12-22-34)40(48-38)37-25-35-23-13-14-24-36(35)47-37/h1-24,37-42H,25-30H2/t37-,38+,39+,40?,41+,42+/m0/s1. The lowest BCUT2D eigenvalue weighted by atomic mass is 9.90. The van der Waals surface area contributed by atoms with Gasteiger partial charge in [-0.15, -0.1) is 0 Å². The number of ether oxygens (including phenoxy) is 6. The number of hydrogen-bond donors (Lipinski definition) is 0. The van der Waals surface area contributed by atoms with E-state index in [2.05, 4.69) is 60.7 Å². The van der Waals surface area contributed by atoms with E-state index in [1.807, 2.05) is 84.9 Å². The number of fused-ring (bicyclic) bond motifs is 1. The van der Waals surface area contributed by atoms with Crippen molar-refractivity contribution in [3.05, 3.63) is 173 Å². The largest absolute Gasteiger partial charge is 0.487 e. The summed E-state index contributed by atoms with van der Waals surface area (Å²) in [6.45, 7) is 1.98. The molecule has 48 heavy (non-hydrogen) atoms. The minimum absolute atomic E-state index is 0.266. The van der Waals surface area contributed by atoms with E-state index in [-0.39, 0.29) is 6.10 Å². The molecule has 0 N–H and O–H groups in total. The molecule has 0 radical (unpaired) electrons. The van der Waals surface area contributed by atoms with Gasteiger partial charge in [0.15, 0.2) is 0 Å². The summed E-state index contributed by atoms with van der Waals surface area (Å²) < 4.78 is 40.5. The van der Waals surface area contributed by atoms with Gasteiger partial charge in [-0.2, -0.15) is 0 Å². The molecule has 1 saturated heterocycles. The smallest absolute Gasteiger partial charge is 0.132 e. The molecule has 0 bridgehead atoms. The molecule has 7 rings (SSSR count). The fourth-order valence-corrected chi connectivity index (χ4v) is 6.52. The van der Waals surface area contributed by atoms with Crippen LogP contribution < -0.4 is 4.74 Å². The fourth-order valence-electron chi connectivity index (χ4n) is 6.52. The van der Waals surface area contributed by atoms with Gasteiger partial charge in [0.05, 0.1) is 33.0 Å². The van der Waals surface area contributed by atoms with E-state index < -0.39 is 30.5 Å². The van der Waals surface area contributed by atoms with Crippen LogP contribution in [0.1, 0.15) is 27.8 Å². The monoisotopic (exact) mass is 642 g/mol. The van der Waals surface area contributed by atoms with E-state index in [0.717, 1.165) is 33.6 Å². The van der Waals surface area contributed by atoms with Crippen LogP contribution in [0.3, 0.4) is 0 Å². The molecule has 0 aliphatic carbocycles. The van der Waals surface area contributed by atoms with Gasteiger partial charge in [0.1, 0.15) is 42.4 Å². The Kier molecular flexibility index (Phi) is 10.9. The van der Waals surface area contributed by atoms with Gasteiger partial charge in [-0.25, -0.2) is 0 Å². The lowest BCUT2D eigenvalue weighted by Crippen LogP contribution is -2.64. The molecule has 5 aromatic carbocycles. The maximum atomic E-state index is 7.04. The second-order valence-corrected chi connectivity index (χ2v) is 12.4. The summed E-state index contributed by atoms with van der Waals surface area (Å²) in [6, 6.07) is 49.0. The second-order valence-electron chi connectivity index (χ2n) is 12.4. The molecule has 0 aromatic heterocycles. The number of rotatable bonds is 14. The molecule has 2 aliphatic heterocycles. The van der Waals surface area contributed by atoms with Crippen LogP contribution in [0.15, 0.2) is 146 Å². The lowest BCUT2D eigenvalue weighted by Gasteiger charge is -2.47. The van der Waals surface area contributed by atoms with Gasteiger partial charge in [-0.3, -0.25) is 0 Å². The molecule has 246 valence electrons. The molecule has 6 atom stereocenters. The topological polar surface area (TPSA) is 55.4 Å². The van der Waals surface area contributed by atoms with Crippen LogP contribution in [0.5, 0.6) is 5.75 Å². The Labute approximate surface area is 283 Å². The Morgan fingerprint density at radius 3 is 1.48 bits per heavy atom. The molecule has 2 aliphatic rings. The zero-order valence-electron chi connectivity index (χ0n) is 27.0. The van der Waals surface area contributed by atoms with Crippen LogP contribution in [0.4, 0.5) is 0 Å². The first-order chi connectivity index (χ1) is 23.8. The quantitative estimate of drug-likeness (QED) is 0.124. The van der Waals surface area contributed by atoms with Crippen molar-refractivity contribution in [2.45, 2.75) is 69.5 Å². The summed E-state index contributed by atoms with van der Waals surface area (Å²) in [7, 11) is 0. The molecule has 0 spiro atoms. The van der Waals surface area contributed by atoms with Gasteiger partial charge in [0.2, 0.25) is 0 Å². The second kappa shape index (κ2) is 16.2. The molecule has 0 saturated carbocycles. The van der Waals surface area contributed by atoms with E-state index in [4.69, 9.17) is 28.4 Å².